The number of nitrogens with zero attached hydrogens (tertiary/aromatic N) is 1. The van der Waals surface area contributed by atoms with E-state index in [9.17, 15) is 9.59 Å². The second-order valence-electron chi connectivity index (χ2n) is 5.62. The van der Waals surface area contributed by atoms with E-state index >= 15 is 0 Å². The van der Waals surface area contributed by atoms with Crippen LogP contribution in [0.4, 0.5) is 0 Å². The van der Waals surface area contributed by atoms with Crippen LogP contribution >= 0.6 is 11.8 Å². The van der Waals surface area contributed by atoms with E-state index in [4.69, 9.17) is 0 Å². The summed E-state index contributed by atoms with van der Waals surface area (Å²) in [5.41, 5.74) is -0.541. The average molecular weight is 284 g/mol. The first-order valence-electron chi connectivity index (χ1n) is 7.23. The molecule has 1 unspecified atom stereocenters. The molecule has 0 aromatic rings. The molecular formula is C14H24N2O2S. The number of rotatable bonds is 4. The van der Waals surface area contributed by atoms with Crippen molar-refractivity contribution in [2.45, 2.75) is 57.0 Å². The highest BCUT2D eigenvalue weighted by Crippen LogP contribution is 2.36. The van der Waals surface area contributed by atoms with Gasteiger partial charge >= 0.3 is 0 Å². The molecule has 5 heteroatoms. The van der Waals surface area contributed by atoms with Crippen molar-refractivity contribution in [1.29, 1.82) is 0 Å². The lowest BCUT2D eigenvalue weighted by atomic mass is 9.77. The summed E-state index contributed by atoms with van der Waals surface area (Å²) in [6.45, 7) is 2.51. The molecule has 0 radical (unpaired) electrons. The molecule has 2 aliphatic rings. The van der Waals surface area contributed by atoms with Crippen LogP contribution in [0.5, 0.6) is 0 Å². The molecule has 1 heterocycles. The number of carbonyl (C=O) groups is 2. The van der Waals surface area contributed by atoms with Gasteiger partial charge in [-0.25, -0.2) is 0 Å². The van der Waals surface area contributed by atoms with Gasteiger partial charge in [0.2, 0.25) is 11.8 Å². The fourth-order valence-corrected chi connectivity index (χ4v) is 3.70. The van der Waals surface area contributed by atoms with E-state index in [0.717, 1.165) is 44.4 Å². The Balaban J connectivity index is 2.18. The molecule has 4 nitrogen and oxygen atoms in total. The predicted octanol–water partition coefficient (Wildman–Crippen LogP) is 1.79. The molecule has 1 saturated carbocycles. The van der Waals surface area contributed by atoms with E-state index in [2.05, 4.69) is 11.6 Å². The highest BCUT2D eigenvalue weighted by molar-refractivity contribution is 7.98. The number of hydrogen-bond donors (Lipinski definition) is 1. The van der Waals surface area contributed by atoms with Crippen LogP contribution in [0, 0.1) is 0 Å². The minimum absolute atomic E-state index is 0.0726. The van der Waals surface area contributed by atoms with Crippen LogP contribution < -0.4 is 5.32 Å². The summed E-state index contributed by atoms with van der Waals surface area (Å²) in [4.78, 5) is 26.8. The van der Waals surface area contributed by atoms with Gasteiger partial charge in [-0.05, 0) is 38.2 Å². The molecule has 108 valence electrons. The van der Waals surface area contributed by atoms with Crippen molar-refractivity contribution in [2.75, 3.05) is 18.6 Å². The van der Waals surface area contributed by atoms with Crippen LogP contribution in [0.25, 0.3) is 0 Å². The molecule has 1 saturated heterocycles. The maximum absolute atomic E-state index is 12.5. The Hall–Kier alpha value is -0.710. The van der Waals surface area contributed by atoms with Crippen LogP contribution in [0.1, 0.15) is 45.4 Å². The van der Waals surface area contributed by atoms with E-state index in [0.29, 0.717) is 0 Å². The Morgan fingerprint density at radius 2 is 2.00 bits per heavy atom. The molecule has 1 N–H and O–H groups in total. The number of nitrogens with one attached hydrogen (secondary N) is 1. The third-order valence-corrected chi connectivity index (χ3v) is 5.03. The number of carbonyl (C=O) groups excluding carboxylic acids is 2. The minimum Gasteiger partial charge on any atom is -0.343 e. The van der Waals surface area contributed by atoms with Gasteiger partial charge in [-0.1, -0.05) is 19.3 Å². The lowest BCUT2D eigenvalue weighted by Crippen LogP contribution is -2.70. The van der Waals surface area contributed by atoms with E-state index in [1.54, 1.807) is 18.7 Å². The van der Waals surface area contributed by atoms with Crippen molar-refractivity contribution < 1.29 is 9.59 Å². The molecule has 2 rings (SSSR count). The number of piperazine rings is 1. The summed E-state index contributed by atoms with van der Waals surface area (Å²) in [6.07, 6.45) is 7.98. The van der Waals surface area contributed by atoms with E-state index in [1.807, 2.05) is 4.90 Å². The number of thioether (sulfide) groups is 1. The van der Waals surface area contributed by atoms with Crippen molar-refractivity contribution >= 4 is 23.6 Å². The zero-order valence-electron chi connectivity index (χ0n) is 11.9. The van der Waals surface area contributed by atoms with Gasteiger partial charge < -0.3 is 10.2 Å². The summed E-state index contributed by atoms with van der Waals surface area (Å²) in [5, 5.41) is 2.87. The van der Waals surface area contributed by atoms with Crippen LogP contribution in [0.15, 0.2) is 0 Å². The monoisotopic (exact) mass is 284 g/mol. The highest BCUT2D eigenvalue weighted by Gasteiger charge is 2.51. The van der Waals surface area contributed by atoms with E-state index in [1.165, 1.54) is 6.42 Å². The molecule has 2 amide bonds. The predicted molar refractivity (Wildman–Crippen MR) is 78.1 cm³/mol. The zero-order chi connectivity index (χ0) is 13.9. The maximum Gasteiger partial charge on any atom is 0.246 e. The van der Waals surface area contributed by atoms with Crippen LogP contribution in [-0.4, -0.2) is 46.8 Å². The maximum atomic E-state index is 12.5. The van der Waals surface area contributed by atoms with Crippen LogP contribution in [0.2, 0.25) is 0 Å². The third-order valence-electron chi connectivity index (χ3n) is 4.33. The summed E-state index contributed by atoms with van der Waals surface area (Å²) < 4.78 is 0. The molecule has 19 heavy (non-hydrogen) atoms. The molecule has 0 aromatic heterocycles. The Bertz CT molecular complexity index is 353. The molecule has 1 aliphatic carbocycles. The molecule has 1 spiro atoms. The first-order chi connectivity index (χ1) is 9.12. The van der Waals surface area contributed by atoms with Gasteiger partial charge in [0.25, 0.3) is 0 Å². The van der Waals surface area contributed by atoms with Gasteiger partial charge in [-0.3, -0.25) is 9.59 Å². The second-order valence-corrected chi connectivity index (χ2v) is 6.61. The molecule has 0 aromatic carbocycles. The van der Waals surface area contributed by atoms with Gasteiger partial charge in [-0.2, -0.15) is 11.8 Å². The summed E-state index contributed by atoms with van der Waals surface area (Å²) in [7, 11) is 0. The summed E-state index contributed by atoms with van der Waals surface area (Å²) >= 11 is 1.79. The largest absolute Gasteiger partial charge is 0.343 e. The summed E-state index contributed by atoms with van der Waals surface area (Å²) in [6, 6.07) is -0.366. The number of hydrogen-bond acceptors (Lipinski definition) is 3. The Morgan fingerprint density at radius 1 is 1.32 bits per heavy atom. The van der Waals surface area contributed by atoms with Gasteiger partial charge in [0.1, 0.15) is 11.6 Å². The molecule has 1 aliphatic heterocycles. The fraction of sp³-hybridized carbons (Fsp3) is 0.857. The molecule has 0 bridgehead atoms. The molecule has 2 fully saturated rings. The second kappa shape index (κ2) is 6.16. The lowest BCUT2D eigenvalue weighted by Gasteiger charge is -2.49. The van der Waals surface area contributed by atoms with Gasteiger partial charge in [0.05, 0.1) is 0 Å². The standard InChI is InChI=1S/C14H24N2O2S/c1-11-12(17)16(9-6-10-19-2)14(13(18)15-11)7-4-3-5-8-14/h11H,3-10H2,1-2H3,(H,15,18). The molecule has 1 atom stereocenters. The number of amides is 2. The Morgan fingerprint density at radius 3 is 2.63 bits per heavy atom. The van der Waals surface area contributed by atoms with Crippen molar-refractivity contribution in [3.05, 3.63) is 0 Å². The van der Waals surface area contributed by atoms with Crippen LogP contribution in [0.3, 0.4) is 0 Å². The molecular weight excluding hydrogens is 260 g/mol. The van der Waals surface area contributed by atoms with Gasteiger partial charge in [0, 0.05) is 6.54 Å². The van der Waals surface area contributed by atoms with E-state index < -0.39 is 5.54 Å². The first-order valence-corrected chi connectivity index (χ1v) is 8.62. The van der Waals surface area contributed by atoms with Crippen LogP contribution in [-0.2, 0) is 9.59 Å². The minimum atomic E-state index is -0.541. The Kier molecular flexibility index (Phi) is 4.76. The first kappa shape index (κ1) is 14.7. The van der Waals surface area contributed by atoms with Crippen molar-refractivity contribution in [3.63, 3.8) is 0 Å². The van der Waals surface area contributed by atoms with Gasteiger partial charge in [-0.15, -0.1) is 0 Å². The quantitative estimate of drug-likeness (QED) is 0.801. The normalized spacial score (nSPS) is 26.6. The topological polar surface area (TPSA) is 49.4 Å². The van der Waals surface area contributed by atoms with Crippen molar-refractivity contribution in [1.82, 2.24) is 10.2 Å². The van der Waals surface area contributed by atoms with Crippen molar-refractivity contribution in [2.24, 2.45) is 0 Å². The highest BCUT2D eigenvalue weighted by atomic mass is 32.2. The Labute approximate surface area is 119 Å². The fourth-order valence-electron chi connectivity index (χ4n) is 3.28. The smallest absolute Gasteiger partial charge is 0.246 e. The summed E-state index contributed by atoms with van der Waals surface area (Å²) in [5.74, 6) is 1.21. The average Bonchev–Trinajstić information content (AvgIpc) is 2.42. The lowest BCUT2D eigenvalue weighted by molar-refractivity contribution is -0.159. The zero-order valence-corrected chi connectivity index (χ0v) is 12.7. The van der Waals surface area contributed by atoms with Crippen molar-refractivity contribution in [3.8, 4) is 0 Å². The SMILES string of the molecule is CSCCCN1C(=O)C(C)NC(=O)C12CCCCC2. The van der Waals surface area contributed by atoms with E-state index in [-0.39, 0.29) is 17.9 Å². The third kappa shape index (κ3) is 2.76. The van der Waals surface area contributed by atoms with Gasteiger partial charge in [0.15, 0.2) is 0 Å².